The molecule has 7 heteroatoms. The average molecular weight is 414 g/mol. The zero-order valence-electron chi connectivity index (χ0n) is 17.5. The Morgan fingerprint density at radius 3 is 2.47 bits per heavy atom. The summed E-state index contributed by atoms with van der Waals surface area (Å²) >= 11 is 0. The van der Waals surface area contributed by atoms with Crippen molar-refractivity contribution in [2.24, 2.45) is 11.8 Å². The van der Waals surface area contributed by atoms with E-state index in [1.54, 1.807) is 0 Å². The highest BCUT2D eigenvalue weighted by atomic mass is 16.7. The van der Waals surface area contributed by atoms with Gasteiger partial charge in [-0.1, -0.05) is 18.9 Å². The van der Waals surface area contributed by atoms with E-state index >= 15 is 0 Å². The molecular formula is C23H31N3O4. The molecule has 2 aliphatic heterocycles. The molecule has 1 N–H and O–H groups in total. The highest BCUT2D eigenvalue weighted by Crippen LogP contribution is 2.34. The standard InChI is InChI=1S/C23H31N3O4/c27-22(24-14-16-5-8-19-20(13-16)30-15-29-19)21(17-3-1-2-4-17)25-9-11-26(12-10-25)23(28)18-6-7-18/h5,8,13,17-18,21H,1-4,6-7,9-12,14-15H2,(H,24,27). The zero-order valence-corrected chi connectivity index (χ0v) is 17.5. The van der Waals surface area contributed by atoms with Crippen LogP contribution in [0.5, 0.6) is 11.5 Å². The van der Waals surface area contributed by atoms with Crippen LogP contribution in [0.4, 0.5) is 0 Å². The van der Waals surface area contributed by atoms with Gasteiger partial charge in [-0.3, -0.25) is 14.5 Å². The van der Waals surface area contributed by atoms with Crippen LogP contribution < -0.4 is 14.8 Å². The number of nitrogens with zero attached hydrogens (tertiary/aromatic N) is 2. The molecule has 0 radical (unpaired) electrons. The summed E-state index contributed by atoms with van der Waals surface area (Å²) in [5.74, 6) is 2.61. The number of hydrogen-bond donors (Lipinski definition) is 1. The Morgan fingerprint density at radius 2 is 1.73 bits per heavy atom. The van der Waals surface area contributed by atoms with Crippen LogP contribution >= 0.6 is 0 Å². The van der Waals surface area contributed by atoms with Gasteiger partial charge in [0.05, 0.1) is 6.04 Å². The predicted molar refractivity (Wildman–Crippen MR) is 111 cm³/mol. The summed E-state index contributed by atoms with van der Waals surface area (Å²) in [6, 6.07) is 5.71. The molecule has 1 aromatic carbocycles. The summed E-state index contributed by atoms with van der Waals surface area (Å²) < 4.78 is 10.8. The molecule has 0 aromatic heterocycles. The topological polar surface area (TPSA) is 71.1 Å². The molecule has 7 nitrogen and oxygen atoms in total. The van der Waals surface area contributed by atoms with Crippen molar-refractivity contribution in [2.45, 2.75) is 51.1 Å². The molecule has 2 saturated carbocycles. The first-order chi connectivity index (χ1) is 14.7. The Labute approximate surface area is 177 Å². The van der Waals surface area contributed by atoms with Crippen LogP contribution in [0.3, 0.4) is 0 Å². The Kier molecular flexibility index (Phi) is 5.54. The van der Waals surface area contributed by atoms with Gasteiger partial charge in [0.2, 0.25) is 18.6 Å². The van der Waals surface area contributed by atoms with Crippen molar-refractivity contribution >= 4 is 11.8 Å². The van der Waals surface area contributed by atoms with E-state index in [1.807, 2.05) is 23.1 Å². The van der Waals surface area contributed by atoms with Gasteiger partial charge in [-0.15, -0.1) is 0 Å². The minimum absolute atomic E-state index is 0.0975. The van der Waals surface area contributed by atoms with Crippen molar-refractivity contribution in [3.8, 4) is 11.5 Å². The number of carbonyl (C=O) groups excluding carboxylic acids is 2. The smallest absolute Gasteiger partial charge is 0.237 e. The number of fused-ring (bicyclic) bond motifs is 1. The van der Waals surface area contributed by atoms with Crippen LogP contribution in [0.15, 0.2) is 18.2 Å². The minimum Gasteiger partial charge on any atom is -0.454 e. The van der Waals surface area contributed by atoms with Gasteiger partial charge in [0.1, 0.15) is 0 Å². The lowest BCUT2D eigenvalue weighted by molar-refractivity contribution is -0.136. The van der Waals surface area contributed by atoms with Crippen LogP contribution in [-0.4, -0.2) is 60.6 Å². The maximum Gasteiger partial charge on any atom is 0.237 e. The first-order valence-electron chi connectivity index (χ1n) is 11.4. The quantitative estimate of drug-likeness (QED) is 0.774. The number of ether oxygens (including phenoxy) is 2. The van der Waals surface area contributed by atoms with Gasteiger partial charge in [-0.2, -0.15) is 0 Å². The average Bonchev–Trinajstić information content (AvgIpc) is 3.28. The molecular weight excluding hydrogens is 382 g/mol. The van der Waals surface area contributed by atoms with Crippen molar-refractivity contribution in [3.63, 3.8) is 0 Å². The van der Waals surface area contributed by atoms with Crippen LogP contribution in [-0.2, 0) is 16.1 Å². The predicted octanol–water partition coefficient (Wildman–Crippen LogP) is 2.14. The fourth-order valence-electron chi connectivity index (χ4n) is 5.10. The molecule has 2 amide bonds. The summed E-state index contributed by atoms with van der Waals surface area (Å²) in [5, 5.41) is 3.17. The maximum absolute atomic E-state index is 13.3. The lowest BCUT2D eigenvalue weighted by Gasteiger charge is -2.40. The lowest BCUT2D eigenvalue weighted by atomic mass is 9.94. The lowest BCUT2D eigenvalue weighted by Crippen LogP contribution is -2.58. The normalized spacial score (nSPS) is 22.9. The molecule has 5 rings (SSSR count). The van der Waals surface area contributed by atoms with Crippen molar-refractivity contribution in [3.05, 3.63) is 23.8 Å². The second-order valence-electron chi connectivity index (χ2n) is 9.03. The first-order valence-corrected chi connectivity index (χ1v) is 11.4. The summed E-state index contributed by atoms with van der Waals surface area (Å²) in [6.07, 6.45) is 6.73. The molecule has 4 aliphatic rings. The third kappa shape index (κ3) is 4.13. The summed E-state index contributed by atoms with van der Waals surface area (Å²) in [4.78, 5) is 30.0. The van der Waals surface area contributed by atoms with Gasteiger partial charge < -0.3 is 19.7 Å². The van der Waals surface area contributed by atoms with Gasteiger partial charge >= 0.3 is 0 Å². The van der Waals surface area contributed by atoms with E-state index in [4.69, 9.17) is 9.47 Å². The van der Waals surface area contributed by atoms with Crippen molar-refractivity contribution < 1.29 is 19.1 Å². The van der Waals surface area contributed by atoms with Gasteiger partial charge in [0.25, 0.3) is 0 Å². The number of benzene rings is 1. The fraction of sp³-hybridized carbons (Fsp3) is 0.652. The summed E-state index contributed by atoms with van der Waals surface area (Å²) in [7, 11) is 0. The first kappa shape index (κ1) is 19.7. The van der Waals surface area contributed by atoms with Crippen LogP contribution in [0.2, 0.25) is 0 Å². The van der Waals surface area contributed by atoms with Gasteiger partial charge in [-0.05, 0) is 49.3 Å². The minimum atomic E-state index is -0.0975. The number of carbonyl (C=O) groups is 2. The highest BCUT2D eigenvalue weighted by molar-refractivity contribution is 5.83. The van der Waals surface area contributed by atoms with E-state index in [0.717, 1.165) is 68.9 Å². The Morgan fingerprint density at radius 1 is 1.00 bits per heavy atom. The van der Waals surface area contributed by atoms with E-state index in [0.29, 0.717) is 18.4 Å². The maximum atomic E-state index is 13.3. The Hall–Kier alpha value is -2.28. The van der Waals surface area contributed by atoms with Crippen molar-refractivity contribution in [1.29, 1.82) is 0 Å². The van der Waals surface area contributed by atoms with Crippen molar-refractivity contribution in [1.82, 2.24) is 15.1 Å². The second-order valence-corrected chi connectivity index (χ2v) is 9.03. The Bertz CT molecular complexity index is 796. The molecule has 3 fully saturated rings. The second kappa shape index (κ2) is 8.46. The van der Waals surface area contributed by atoms with E-state index in [9.17, 15) is 9.59 Å². The van der Waals surface area contributed by atoms with Crippen molar-refractivity contribution in [2.75, 3.05) is 33.0 Å². The molecule has 1 atom stereocenters. The SMILES string of the molecule is O=C(NCc1ccc2c(c1)OCO2)C(C1CCCC1)N1CCN(C(=O)C2CC2)CC1. The molecule has 0 spiro atoms. The van der Waals surface area contributed by atoms with E-state index in [-0.39, 0.29) is 24.7 Å². The molecule has 1 unspecified atom stereocenters. The monoisotopic (exact) mass is 413 g/mol. The molecule has 1 aromatic rings. The number of nitrogens with one attached hydrogen (secondary N) is 1. The number of hydrogen-bond acceptors (Lipinski definition) is 5. The van der Waals surface area contributed by atoms with E-state index in [1.165, 1.54) is 12.8 Å². The molecule has 2 heterocycles. The largest absolute Gasteiger partial charge is 0.454 e. The fourth-order valence-corrected chi connectivity index (χ4v) is 5.10. The molecule has 0 bridgehead atoms. The van der Waals surface area contributed by atoms with Crippen LogP contribution in [0.1, 0.15) is 44.1 Å². The molecule has 30 heavy (non-hydrogen) atoms. The van der Waals surface area contributed by atoms with Gasteiger partial charge in [0, 0.05) is 38.6 Å². The highest BCUT2D eigenvalue weighted by Gasteiger charge is 2.39. The molecule has 1 saturated heterocycles. The van der Waals surface area contributed by atoms with Crippen LogP contribution in [0, 0.1) is 11.8 Å². The summed E-state index contributed by atoms with van der Waals surface area (Å²) in [5.41, 5.74) is 1.01. The zero-order chi connectivity index (χ0) is 20.5. The van der Waals surface area contributed by atoms with E-state index in [2.05, 4.69) is 10.2 Å². The Balaban J connectivity index is 1.21. The third-order valence-electron chi connectivity index (χ3n) is 6.96. The summed E-state index contributed by atoms with van der Waals surface area (Å²) in [6.45, 7) is 3.80. The number of amides is 2. The van der Waals surface area contributed by atoms with Crippen LogP contribution in [0.25, 0.3) is 0 Å². The van der Waals surface area contributed by atoms with E-state index < -0.39 is 0 Å². The van der Waals surface area contributed by atoms with Gasteiger partial charge in [0.15, 0.2) is 11.5 Å². The molecule has 2 aliphatic carbocycles. The molecule has 162 valence electrons. The number of piperazine rings is 1. The third-order valence-corrected chi connectivity index (χ3v) is 6.96. The number of rotatable bonds is 6. The van der Waals surface area contributed by atoms with Gasteiger partial charge in [-0.25, -0.2) is 0 Å².